The number of aromatic nitrogens is 1. The predicted octanol–water partition coefficient (Wildman–Crippen LogP) is 2.62. The summed E-state index contributed by atoms with van der Waals surface area (Å²) in [4.78, 5) is 31.6. The van der Waals surface area contributed by atoms with E-state index in [9.17, 15) is 9.59 Å². The minimum Gasteiger partial charge on any atom is -0.492 e. The Morgan fingerprint density at radius 3 is 2.77 bits per heavy atom. The molecule has 0 unspecified atom stereocenters. The van der Waals surface area contributed by atoms with Gasteiger partial charge >= 0.3 is 0 Å². The fourth-order valence-corrected chi connectivity index (χ4v) is 2.81. The number of nitrogens with one attached hydrogen (secondary N) is 1. The van der Waals surface area contributed by atoms with E-state index in [0.717, 1.165) is 0 Å². The Labute approximate surface area is 151 Å². The van der Waals surface area contributed by atoms with Gasteiger partial charge in [-0.25, -0.2) is 4.98 Å². The van der Waals surface area contributed by atoms with Crippen molar-refractivity contribution in [3.8, 4) is 11.5 Å². The van der Waals surface area contributed by atoms with Crippen molar-refractivity contribution in [1.82, 2.24) is 4.98 Å². The van der Waals surface area contributed by atoms with Gasteiger partial charge in [0.25, 0.3) is 17.4 Å². The molecule has 0 bridgehead atoms. The molecule has 0 saturated heterocycles. The number of para-hydroxylation sites is 2. The molecular weight excluding hydrogens is 334 g/mol. The molecule has 0 spiro atoms. The van der Waals surface area contributed by atoms with Crippen LogP contribution in [0.25, 0.3) is 0 Å². The summed E-state index contributed by atoms with van der Waals surface area (Å²) in [6.45, 7) is 5.99. The SMILES string of the molecule is CCOc1ccccc1NC(=O)[C@@]1(C)Oc2cccnc2N(CC)C1=O. The first-order chi connectivity index (χ1) is 12.5. The molecule has 0 aliphatic carbocycles. The van der Waals surface area contributed by atoms with Crippen LogP contribution in [0.5, 0.6) is 11.5 Å². The second-order valence-electron chi connectivity index (χ2n) is 5.89. The molecule has 1 aliphatic heterocycles. The van der Waals surface area contributed by atoms with Crippen molar-refractivity contribution >= 4 is 23.3 Å². The van der Waals surface area contributed by atoms with Gasteiger partial charge in [0.05, 0.1) is 12.3 Å². The van der Waals surface area contributed by atoms with Gasteiger partial charge in [-0.2, -0.15) is 0 Å². The monoisotopic (exact) mass is 355 g/mol. The lowest BCUT2D eigenvalue weighted by Crippen LogP contribution is -2.60. The summed E-state index contributed by atoms with van der Waals surface area (Å²) in [5, 5.41) is 2.75. The number of nitrogens with zero attached hydrogens (tertiary/aromatic N) is 2. The van der Waals surface area contributed by atoms with Crippen LogP contribution in [0.3, 0.4) is 0 Å². The molecule has 2 aromatic rings. The molecule has 1 N–H and O–H groups in total. The Bertz CT molecular complexity index is 839. The van der Waals surface area contributed by atoms with Crippen LogP contribution in [-0.2, 0) is 9.59 Å². The van der Waals surface area contributed by atoms with Crippen molar-refractivity contribution in [2.75, 3.05) is 23.4 Å². The van der Waals surface area contributed by atoms with Gasteiger partial charge in [-0.05, 0) is 45.0 Å². The smallest absolute Gasteiger partial charge is 0.282 e. The highest BCUT2D eigenvalue weighted by atomic mass is 16.5. The summed E-state index contributed by atoms with van der Waals surface area (Å²) in [5.74, 6) is 0.314. The van der Waals surface area contributed by atoms with Crippen LogP contribution in [0.1, 0.15) is 20.8 Å². The van der Waals surface area contributed by atoms with E-state index in [1.807, 2.05) is 19.9 Å². The van der Waals surface area contributed by atoms with Crippen LogP contribution in [0, 0.1) is 0 Å². The van der Waals surface area contributed by atoms with Gasteiger partial charge in [-0.15, -0.1) is 0 Å². The minimum absolute atomic E-state index is 0.380. The highest BCUT2D eigenvalue weighted by molar-refractivity contribution is 6.19. The fourth-order valence-electron chi connectivity index (χ4n) is 2.81. The Kier molecular flexibility index (Phi) is 4.79. The van der Waals surface area contributed by atoms with E-state index in [1.165, 1.54) is 11.8 Å². The first-order valence-electron chi connectivity index (χ1n) is 8.50. The molecule has 0 fully saturated rings. The highest BCUT2D eigenvalue weighted by Gasteiger charge is 2.51. The summed E-state index contributed by atoms with van der Waals surface area (Å²) in [7, 11) is 0. The molecule has 2 heterocycles. The number of hydrogen-bond acceptors (Lipinski definition) is 5. The molecule has 1 aromatic carbocycles. The largest absolute Gasteiger partial charge is 0.492 e. The predicted molar refractivity (Wildman–Crippen MR) is 97.5 cm³/mol. The molecule has 0 radical (unpaired) electrons. The van der Waals surface area contributed by atoms with Crippen LogP contribution in [0.15, 0.2) is 42.6 Å². The quantitative estimate of drug-likeness (QED) is 0.834. The van der Waals surface area contributed by atoms with Crippen molar-refractivity contribution in [1.29, 1.82) is 0 Å². The maximum absolute atomic E-state index is 13.0. The molecular formula is C19H21N3O4. The Balaban J connectivity index is 1.93. The number of anilines is 2. The third-order valence-electron chi connectivity index (χ3n) is 4.16. The molecule has 3 rings (SSSR count). The lowest BCUT2D eigenvalue weighted by Gasteiger charge is -2.38. The number of carbonyl (C=O) groups excluding carboxylic acids is 2. The summed E-state index contributed by atoms with van der Waals surface area (Å²) >= 11 is 0. The van der Waals surface area contributed by atoms with Gasteiger partial charge in [0, 0.05) is 12.7 Å². The summed E-state index contributed by atoms with van der Waals surface area (Å²) < 4.78 is 11.3. The molecule has 7 nitrogen and oxygen atoms in total. The lowest BCUT2D eigenvalue weighted by atomic mass is 10.0. The van der Waals surface area contributed by atoms with Gasteiger partial charge in [-0.1, -0.05) is 12.1 Å². The van der Waals surface area contributed by atoms with Crippen LogP contribution >= 0.6 is 0 Å². The van der Waals surface area contributed by atoms with Crippen molar-refractivity contribution < 1.29 is 19.1 Å². The van der Waals surface area contributed by atoms with Crippen molar-refractivity contribution in [2.45, 2.75) is 26.4 Å². The zero-order valence-electron chi connectivity index (χ0n) is 15.0. The van der Waals surface area contributed by atoms with E-state index >= 15 is 0 Å². The van der Waals surface area contributed by atoms with Gasteiger partial charge in [0.2, 0.25) is 0 Å². The average Bonchev–Trinajstić information content (AvgIpc) is 2.64. The van der Waals surface area contributed by atoms with E-state index in [4.69, 9.17) is 9.47 Å². The van der Waals surface area contributed by atoms with Crippen LogP contribution < -0.4 is 19.7 Å². The number of benzene rings is 1. The number of rotatable bonds is 5. The maximum atomic E-state index is 13.0. The standard InChI is InChI=1S/C19H21N3O4/c1-4-22-16-15(11-8-12-20-16)26-19(3,18(22)24)17(23)21-13-9-6-7-10-14(13)25-5-2/h6-12H,4-5H2,1-3H3,(H,21,23)/t19-/m1/s1. The maximum Gasteiger partial charge on any atom is 0.282 e. The second-order valence-corrected chi connectivity index (χ2v) is 5.89. The number of amides is 2. The van der Waals surface area contributed by atoms with Gasteiger partial charge in [0.1, 0.15) is 5.75 Å². The minimum atomic E-state index is -1.70. The molecule has 26 heavy (non-hydrogen) atoms. The first kappa shape index (κ1) is 17.7. The summed E-state index contributed by atoms with van der Waals surface area (Å²) in [6.07, 6.45) is 1.58. The van der Waals surface area contributed by atoms with E-state index < -0.39 is 17.4 Å². The molecule has 0 saturated carbocycles. The van der Waals surface area contributed by atoms with Crippen molar-refractivity contribution in [3.05, 3.63) is 42.6 Å². The number of carbonyl (C=O) groups is 2. The molecule has 1 aliphatic rings. The van der Waals surface area contributed by atoms with E-state index in [1.54, 1.807) is 36.5 Å². The summed E-state index contributed by atoms with van der Waals surface area (Å²) in [6, 6.07) is 10.4. The van der Waals surface area contributed by atoms with E-state index in [2.05, 4.69) is 10.3 Å². The number of ether oxygens (including phenoxy) is 2. The normalized spacial score (nSPS) is 18.7. The van der Waals surface area contributed by atoms with Crippen LogP contribution in [-0.4, -0.2) is 35.6 Å². The number of fused-ring (bicyclic) bond motifs is 1. The number of hydrogen-bond donors (Lipinski definition) is 1. The topological polar surface area (TPSA) is 80.8 Å². The van der Waals surface area contributed by atoms with Gasteiger partial charge in [0.15, 0.2) is 11.6 Å². The van der Waals surface area contributed by atoms with Crippen LogP contribution in [0.2, 0.25) is 0 Å². The van der Waals surface area contributed by atoms with Crippen molar-refractivity contribution in [2.24, 2.45) is 0 Å². The van der Waals surface area contributed by atoms with Crippen LogP contribution in [0.4, 0.5) is 11.5 Å². The van der Waals surface area contributed by atoms with Crippen molar-refractivity contribution in [3.63, 3.8) is 0 Å². The molecule has 2 amide bonds. The van der Waals surface area contributed by atoms with Gasteiger partial charge in [-0.3, -0.25) is 14.5 Å². The third kappa shape index (κ3) is 2.96. The average molecular weight is 355 g/mol. The third-order valence-corrected chi connectivity index (χ3v) is 4.16. The lowest BCUT2D eigenvalue weighted by molar-refractivity contribution is -0.145. The number of pyridine rings is 1. The zero-order chi connectivity index (χ0) is 18.7. The first-order valence-corrected chi connectivity index (χ1v) is 8.50. The molecule has 7 heteroatoms. The Morgan fingerprint density at radius 2 is 2.04 bits per heavy atom. The Morgan fingerprint density at radius 1 is 1.27 bits per heavy atom. The highest BCUT2D eigenvalue weighted by Crippen LogP contribution is 2.36. The Hall–Kier alpha value is -3.09. The second kappa shape index (κ2) is 7.03. The van der Waals surface area contributed by atoms with E-state index in [-0.39, 0.29) is 0 Å². The molecule has 136 valence electrons. The molecule has 1 atom stereocenters. The zero-order valence-corrected chi connectivity index (χ0v) is 15.0. The molecule has 1 aromatic heterocycles. The van der Waals surface area contributed by atoms with E-state index in [0.29, 0.717) is 36.2 Å². The summed E-state index contributed by atoms with van der Waals surface area (Å²) in [5.41, 5.74) is -1.22. The van der Waals surface area contributed by atoms with Gasteiger partial charge < -0.3 is 14.8 Å². The number of likely N-dealkylation sites (N-methyl/N-ethyl adjacent to an activating group) is 1. The fraction of sp³-hybridized carbons (Fsp3) is 0.316.